The predicted molar refractivity (Wildman–Crippen MR) is 77.0 cm³/mol. The van der Waals surface area contributed by atoms with Gasteiger partial charge in [0.05, 0.1) is 12.1 Å². The number of para-hydroxylation sites is 1. The van der Waals surface area contributed by atoms with Gasteiger partial charge in [0.1, 0.15) is 13.2 Å². The highest BCUT2D eigenvalue weighted by Gasteiger charge is 2.26. The van der Waals surface area contributed by atoms with Crippen LogP contribution in [0.25, 0.3) is 0 Å². The first-order valence-corrected chi connectivity index (χ1v) is 7.29. The van der Waals surface area contributed by atoms with Crippen molar-refractivity contribution in [2.45, 2.75) is 19.3 Å². The molecule has 6 heteroatoms. The van der Waals surface area contributed by atoms with Crippen LogP contribution in [-0.2, 0) is 22.4 Å². The van der Waals surface area contributed by atoms with Crippen LogP contribution in [0.4, 0.5) is 4.39 Å². The van der Waals surface area contributed by atoms with Gasteiger partial charge in [-0.05, 0) is 30.5 Å². The number of H-pyrrole nitrogens is 1. The lowest BCUT2D eigenvalue weighted by molar-refractivity contribution is -0.149. The van der Waals surface area contributed by atoms with Gasteiger partial charge in [0.15, 0.2) is 11.6 Å². The molecular formula is C16H17FN2O3. The van der Waals surface area contributed by atoms with Gasteiger partial charge in [0, 0.05) is 12.1 Å². The van der Waals surface area contributed by atoms with Crippen LogP contribution in [0.15, 0.2) is 30.5 Å². The molecule has 1 aromatic carbocycles. The number of nitrogens with one attached hydrogen (secondary N) is 1. The highest BCUT2D eigenvalue weighted by molar-refractivity contribution is 5.73. The standard InChI is InChI=1S/C16H17FN2O3/c17-13-3-1-2-4-15(13)21-7-8-22-16(20)11-5-6-12-10-18-19-14(12)9-11/h1-4,10-11H,5-9H2,(H,18,19). The Bertz CT molecular complexity index is 656. The number of hydrogen-bond acceptors (Lipinski definition) is 4. The predicted octanol–water partition coefficient (Wildman–Crippen LogP) is 2.28. The van der Waals surface area contributed by atoms with E-state index in [-0.39, 0.29) is 30.9 Å². The van der Waals surface area contributed by atoms with Gasteiger partial charge in [-0.25, -0.2) is 4.39 Å². The molecule has 1 aliphatic carbocycles. The van der Waals surface area contributed by atoms with Crippen LogP contribution in [0.2, 0.25) is 0 Å². The van der Waals surface area contributed by atoms with Gasteiger partial charge in [-0.15, -0.1) is 0 Å². The summed E-state index contributed by atoms with van der Waals surface area (Å²) in [6.07, 6.45) is 4.03. The van der Waals surface area contributed by atoms with Gasteiger partial charge in [-0.1, -0.05) is 12.1 Å². The summed E-state index contributed by atoms with van der Waals surface area (Å²) in [5.41, 5.74) is 2.18. The third-order valence-electron chi connectivity index (χ3n) is 3.78. The number of rotatable bonds is 5. The maximum absolute atomic E-state index is 13.3. The molecule has 22 heavy (non-hydrogen) atoms. The lowest BCUT2D eigenvalue weighted by Crippen LogP contribution is -2.26. The van der Waals surface area contributed by atoms with Crippen molar-refractivity contribution >= 4 is 5.97 Å². The topological polar surface area (TPSA) is 64.2 Å². The molecule has 5 nitrogen and oxygen atoms in total. The normalized spacial score (nSPS) is 16.9. The second-order valence-corrected chi connectivity index (χ2v) is 5.26. The van der Waals surface area contributed by atoms with E-state index in [0.717, 1.165) is 18.5 Å². The first-order chi connectivity index (χ1) is 10.7. The number of halogens is 1. The summed E-state index contributed by atoms with van der Waals surface area (Å²) in [5.74, 6) is -0.648. The van der Waals surface area contributed by atoms with Crippen molar-refractivity contribution in [2.24, 2.45) is 5.92 Å². The molecular weight excluding hydrogens is 287 g/mol. The molecule has 1 heterocycles. The molecule has 0 fully saturated rings. The highest BCUT2D eigenvalue weighted by Crippen LogP contribution is 2.24. The minimum atomic E-state index is -0.423. The zero-order valence-corrected chi connectivity index (χ0v) is 12.0. The number of benzene rings is 1. The Morgan fingerprint density at radius 3 is 3.09 bits per heavy atom. The summed E-state index contributed by atoms with van der Waals surface area (Å²) >= 11 is 0. The number of esters is 1. The number of aromatic nitrogens is 2. The van der Waals surface area contributed by atoms with Gasteiger partial charge in [0.2, 0.25) is 0 Å². The van der Waals surface area contributed by atoms with E-state index in [9.17, 15) is 9.18 Å². The van der Waals surface area contributed by atoms with E-state index < -0.39 is 5.82 Å². The second kappa shape index (κ2) is 6.60. The maximum Gasteiger partial charge on any atom is 0.309 e. The molecule has 1 aromatic heterocycles. The van der Waals surface area contributed by atoms with Crippen LogP contribution in [-0.4, -0.2) is 29.4 Å². The number of aryl methyl sites for hydroxylation is 1. The number of nitrogens with zero attached hydrogens (tertiary/aromatic N) is 1. The van der Waals surface area contributed by atoms with Crippen molar-refractivity contribution in [3.8, 4) is 5.75 Å². The minimum Gasteiger partial charge on any atom is -0.487 e. The number of aromatic amines is 1. The monoisotopic (exact) mass is 304 g/mol. The van der Waals surface area contributed by atoms with E-state index in [2.05, 4.69) is 10.2 Å². The summed E-state index contributed by atoms with van der Waals surface area (Å²) in [5, 5.41) is 6.90. The van der Waals surface area contributed by atoms with Gasteiger partial charge < -0.3 is 9.47 Å². The average molecular weight is 304 g/mol. The molecule has 0 amide bonds. The number of fused-ring (bicyclic) bond motifs is 1. The molecule has 1 N–H and O–H groups in total. The second-order valence-electron chi connectivity index (χ2n) is 5.26. The van der Waals surface area contributed by atoms with E-state index in [0.29, 0.717) is 6.42 Å². The summed E-state index contributed by atoms with van der Waals surface area (Å²) < 4.78 is 23.8. The summed E-state index contributed by atoms with van der Waals surface area (Å²) in [6, 6.07) is 6.15. The SMILES string of the molecule is O=C(OCCOc1ccccc1F)C1CCc2cn[nH]c2C1. The number of carbonyl (C=O) groups excluding carboxylic acids is 1. The Morgan fingerprint density at radius 2 is 2.23 bits per heavy atom. The Balaban J connectivity index is 1.43. The van der Waals surface area contributed by atoms with E-state index in [4.69, 9.17) is 9.47 Å². The van der Waals surface area contributed by atoms with Crippen molar-refractivity contribution in [1.82, 2.24) is 10.2 Å². The van der Waals surface area contributed by atoms with Crippen LogP contribution in [0.5, 0.6) is 5.75 Å². The Labute approximate surface area is 127 Å². The zero-order chi connectivity index (χ0) is 15.4. The van der Waals surface area contributed by atoms with Gasteiger partial charge in [0.25, 0.3) is 0 Å². The van der Waals surface area contributed by atoms with Crippen LogP contribution < -0.4 is 4.74 Å². The van der Waals surface area contributed by atoms with Crippen molar-refractivity contribution in [2.75, 3.05) is 13.2 Å². The molecule has 0 saturated carbocycles. The fraction of sp³-hybridized carbons (Fsp3) is 0.375. The van der Waals surface area contributed by atoms with Crippen molar-refractivity contribution in [3.05, 3.63) is 47.5 Å². The van der Waals surface area contributed by atoms with Gasteiger partial charge >= 0.3 is 5.97 Å². The first-order valence-electron chi connectivity index (χ1n) is 7.29. The molecule has 0 aliphatic heterocycles. The van der Waals surface area contributed by atoms with Crippen molar-refractivity contribution in [3.63, 3.8) is 0 Å². The van der Waals surface area contributed by atoms with Crippen LogP contribution in [0, 0.1) is 11.7 Å². The Kier molecular flexibility index (Phi) is 4.37. The van der Waals surface area contributed by atoms with Crippen molar-refractivity contribution < 1.29 is 18.7 Å². The van der Waals surface area contributed by atoms with E-state index >= 15 is 0 Å². The third kappa shape index (κ3) is 3.27. The molecule has 0 saturated heterocycles. The maximum atomic E-state index is 13.3. The molecule has 0 spiro atoms. The fourth-order valence-corrected chi connectivity index (χ4v) is 2.58. The van der Waals surface area contributed by atoms with Crippen molar-refractivity contribution in [1.29, 1.82) is 0 Å². The Morgan fingerprint density at radius 1 is 1.36 bits per heavy atom. The largest absolute Gasteiger partial charge is 0.487 e. The summed E-state index contributed by atoms with van der Waals surface area (Å²) in [7, 11) is 0. The minimum absolute atomic E-state index is 0.111. The van der Waals surface area contributed by atoms with Crippen LogP contribution in [0.3, 0.4) is 0 Å². The number of carbonyl (C=O) groups is 1. The molecule has 0 radical (unpaired) electrons. The average Bonchev–Trinajstić information content (AvgIpc) is 3.00. The molecule has 116 valence electrons. The molecule has 0 bridgehead atoms. The smallest absolute Gasteiger partial charge is 0.309 e. The quantitative estimate of drug-likeness (QED) is 0.680. The van der Waals surface area contributed by atoms with E-state index in [1.165, 1.54) is 17.7 Å². The first kappa shape index (κ1) is 14.6. The van der Waals surface area contributed by atoms with E-state index in [1.54, 1.807) is 18.3 Å². The van der Waals surface area contributed by atoms with Gasteiger partial charge in [-0.3, -0.25) is 9.89 Å². The number of hydrogen-bond donors (Lipinski definition) is 1. The summed E-state index contributed by atoms with van der Waals surface area (Å²) in [4.78, 5) is 12.0. The highest BCUT2D eigenvalue weighted by atomic mass is 19.1. The lowest BCUT2D eigenvalue weighted by Gasteiger charge is -2.20. The third-order valence-corrected chi connectivity index (χ3v) is 3.78. The van der Waals surface area contributed by atoms with Crippen LogP contribution in [0.1, 0.15) is 17.7 Å². The molecule has 1 unspecified atom stereocenters. The summed E-state index contributed by atoms with van der Waals surface area (Å²) in [6.45, 7) is 0.244. The number of ether oxygens (including phenoxy) is 2. The molecule has 3 rings (SSSR count). The van der Waals surface area contributed by atoms with E-state index in [1.807, 2.05) is 0 Å². The molecule has 2 aromatic rings. The lowest BCUT2D eigenvalue weighted by atomic mass is 9.88. The fourth-order valence-electron chi connectivity index (χ4n) is 2.58. The molecule has 1 aliphatic rings. The Hall–Kier alpha value is -2.37. The van der Waals surface area contributed by atoms with Crippen LogP contribution >= 0.6 is 0 Å². The zero-order valence-electron chi connectivity index (χ0n) is 12.0. The molecule has 1 atom stereocenters. The van der Waals surface area contributed by atoms with Gasteiger partial charge in [-0.2, -0.15) is 5.10 Å².